The van der Waals surface area contributed by atoms with Crippen LogP contribution in [0.2, 0.25) is 0 Å². The summed E-state index contributed by atoms with van der Waals surface area (Å²) in [5.41, 5.74) is 3.17. The van der Waals surface area contributed by atoms with Crippen molar-refractivity contribution >= 4 is 17.5 Å². The normalized spacial score (nSPS) is 18.7. The van der Waals surface area contributed by atoms with Gasteiger partial charge in [0.1, 0.15) is 5.69 Å². The number of aryl methyl sites for hydroxylation is 2. The molecule has 2 fully saturated rings. The van der Waals surface area contributed by atoms with Crippen LogP contribution in [0.5, 0.6) is 0 Å². The molecule has 1 amide bonds. The Morgan fingerprint density at radius 3 is 2.52 bits per heavy atom. The molecule has 0 aliphatic carbocycles. The number of likely N-dealkylation sites (tertiary alicyclic amines) is 1. The molecule has 0 radical (unpaired) electrons. The number of carbonyl (C=O) groups is 1. The first kappa shape index (κ1) is 17.9. The average molecular weight is 368 g/mol. The maximum Gasteiger partial charge on any atom is 0.272 e. The van der Waals surface area contributed by atoms with Crippen LogP contribution in [0.4, 0.5) is 11.6 Å². The molecule has 0 atom stereocenters. The van der Waals surface area contributed by atoms with E-state index >= 15 is 0 Å². The molecule has 1 aromatic carbocycles. The van der Waals surface area contributed by atoms with Crippen LogP contribution in [-0.4, -0.2) is 52.9 Å². The second-order valence-corrected chi connectivity index (χ2v) is 7.06. The number of ether oxygens (including phenoxy) is 2. The highest BCUT2D eigenvalue weighted by Gasteiger charge is 2.41. The number of amides is 1. The van der Waals surface area contributed by atoms with Gasteiger partial charge >= 0.3 is 0 Å². The number of hydrogen-bond donors (Lipinski definition) is 1. The fourth-order valence-electron chi connectivity index (χ4n) is 3.57. The summed E-state index contributed by atoms with van der Waals surface area (Å²) in [6.45, 7) is 6.35. The monoisotopic (exact) mass is 368 g/mol. The minimum absolute atomic E-state index is 0.0822. The van der Waals surface area contributed by atoms with E-state index in [0.29, 0.717) is 50.8 Å². The molecular weight excluding hydrogens is 344 g/mol. The molecule has 0 bridgehead atoms. The van der Waals surface area contributed by atoms with E-state index in [1.807, 2.05) is 43.0 Å². The fourth-order valence-corrected chi connectivity index (χ4v) is 3.57. The topological polar surface area (TPSA) is 76.6 Å². The lowest BCUT2D eigenvalue weighted by molar-refractivity contribution is -0.181. The highest BCUT2D eigenvalue weighted by atomic mass is 16.7. The average Bonchev–Trinajstić information content (AvgIpc) is 3.11. The van der Waals surface area contributed by atoms with Crippen molar-refractivity contribution in [2.45, 2.75) is 32.5 Å². The molecular formula is C20H24N4O3. The Bertz CT molecular complexity index is 839. The summed E-state index contributed by atoms with van der Waals surface area (Å²) in [4.78, 5) is 23.6. The number of aromatic nitrogens is 2. The molecule has 0 unspecified atom stereocenters. The predicted octanol–water partition coefficient (Wildman–Crippen LogP) is 2.82. The second kappa shape index (κ2) is 7.25. The van der Waals surface area contributed by atoms with E-state index in [0.717, 1.165) is 16.9 Å². The van der Waals surface area contributed by atoms with Gasteiger partial charge in [0, 0.05) is 37.3 Å². The molecule has 2 aromatic rings. The molecule has 2 aliphatic heterocycles. The SMILES string of the molecule is Cc1cc(C(=O)N2CCC3(CC2)OCCO3)nc(Nc2ccccc2C)n1. The van der Waals surface area contributed by atoms with E-state index in [-0.39, 0.29) is 5.91 Å². The van der Waals surface area contributed by atoms with Gasteiger partial charge in [0.25, 0.3) is 5.91 Å². The van der Waals surface area contributed by atoms with Crippen molar-refractivity contribution in [3.05, 3.63) is 47.3 Å². The molecule has 1 N–H and O–H groups in total. The van der Waals surface area contributed by atoms with E-state index in [1.54, 1.807) is 6.07 Å². The number of benzene rings is 1. The Hall–Kier alpha value is -2.51. The van der Waals surface area contributed by atoms with Crippen molar-refractivity contribution < 1.29 is 14.3 Å². The largest absolute Gasteiger partial charge is 0.347 e. The fraction of sp³-hybridized carbons (Fsp3) is 0.450. The lowest BCUT2D eigenvalue weighted by Gasteiger charge is -2.37. The first-order valence-electron chi connectivity index (χ1n) is 9.30. The highest BCUT2D eigenvalue weighted by Crippen LogP contribution is 2.31. The Morgan fingerprint density at radius 1 is 1.11 bits per heavy atom. The third-order valence-corrected chi connectivity index (χ3v) is 5.09. The van der Waals surface area contributed by atoms with Gasteiger partial charge in [-0.2, -0.15) is 0 Å². The van der Waals surface area contributed by atoms with E-state index < -0.39 is 5.79 Å². The van der Waals surface area contributed by atoms with E-state index in [9.17, 15) is 4.79 Å². The first-order chi connectivity index (χ1) is 13.0. The van der Waals surface area contributed by atoms with Crippen molar-refractivity contribution in [3.8, 4) is 0 Å². The van der Waals surface area contributed by atoms with Crippen LogP contribution in [0, 0.1) is 13.8 Å². The molecule has 2 aliphatic rings. The van der Waals surface area contributed by atoms with Crippen molar-refractivity contribution in [2.24, 2.45) is 0 Å². The van der Waals surface area contributed by atoms with Crippen LogP contribution in [0.3, 0.4) is 0 Å². The number of nitrogens with one attached hydrogen (secondary N) is 1. The van der Waals surface area contributed by atoms with E-state index in [1.165, 1.54) is 0 Å². The summed E-state index contributed by atoms with van der Waals surface area (Å²) in [5.74, 6) is -0.139. The Kier molecular flexibility index (Phi) is 4.80. The maximum absolute atomic E-state index is 13.0. The number of carbonyl (C=O) groups excluding carboxylic acids is 1. The zero-order chi connectivity index (χ0) is 18.9. The molecule has 142 valence electrons. The van der Waals surface area contributed by atoms with Crippen LogP contribution >= 0.6 is 0 Å². The van der Waals surface area contributed by atoms with Crippen LogP contribution in [-0.2, 0) is 9.47 Å². The van der Waals surface area contributed by atoms with Gasteiger partial charge in [-0.3, -0.25) is 4.79 Å². The second-order valence-electron chi connectivity index (χ2n) is 7.06. The van der Waals surface area contributed by atoms with Crippen molar-refractivity contribution in [3.63, 3.8) is 0 Å². The van der Waals surface area contributed by atoms with Crippen molar-refractivity contribution in [1.29, 1.82) is 0 Å². The van der Waals surface area contributed by atoms with Crippen molar-refractivity contribution in [1.82, 2.24) is 14.9 Å². The molecule has 1 aromatic heterocycles. The van der Waals surface area contributed by atoms with Crippen LogP contribution in [0.1, 0.15) is 34.6 Å². The number of rotatable bonds is 3. The number of anilines is 2. The first-order valence-corrected chi connectivity index (χ1v) is 9.30. The third kappa shape index (κ3) is 3.79. The van der Waals surface area contributed by atoms with Gasteiger partial charge in [0.15, 0.2) is 5.79 Å². The van der Waals surface area contributed by atoms with Crippen molar-refractivity contribution in [2.75, 3.05) is 31.6 Å². The molecule has 27 heavy (non-hydrogen) atoms. The Labute approximate surface area is 158 Å². The Balaban J connectivity index is 1.49. The molecule has 3 heterocycles. The number of hydrogen-bond acceptors (Lipinski definition) is 6. The van der Waals surface area contributed by atoms with Crippen LogP contribution in [0.25, 0.3) is 0 Å². The van der Waals surface area contributed by atoms with Gasteiger partial charge in [-0.15, -0.1) is 0 Å². The summed E-state index contributed by atoms with van der Waals surface area (Å²) < 4.78 is 11.5. The van der Waals surface area contributed by atoms with Gasteiger partial charge < -0.3 is 19.7 Å². The van der Waals surface area contributed by atoms with Gasteiger partial charge in [0.05, 0.1) is 13.2 Å². The minimum Gasteiger partial charge on any atom is -0.347 e. The maximum atomic E-state index is 13.0. The predicted molar refractivity (Wildman–Crippen MR) is 101 cm³/mol. The number of para-hydroxylation sites is 1. The summed E-state index contributed by atoms with van der Waals surface area (Å²) >= 11 is 0. The quantitative estimate of drug-likeness (QED) is 0.898. The smallest absolute Gasteiger partial charge is 0.272 e. The molecule has 2 saturated heterocycles. The van der Waals surface area contributed by atoms with Gasteiger partial charge in [-0.1, -0.05) is 18.2 Å². The lowest BCUT2D eigenvalue weighted by Crippen LogP contribution is -2.47. The van der Waals surface area contributed by atoms with E-state index in [2.05, 4.69) is 15.3 Å². The molecule has 7 nitrogen and oxygen atoms in total. The lowest BCUT2D eigenvalue weighted by atomic mass is 10.0. The molecule has 0 saturated carbocycles. The minimum atomic E-state index is -0.490. The van der Waals surface area contributed by atoms with Crippen LogP contribution in [0.15, 0.2) is 30.3 Å². The van der Waals surface area contributed by atoms with Crippen LogP contribution < -0.4 is 5.32 Å². The number of piperidine rings is 1. The third-order valence-electron chi connectivity index (χ3n) is 5.09. The molecule has 1 spiro atoms. The zero-order valence-corrected chi connectivity index (χ0v) is 15.7. The summed E-state index contributed by atoms with van der Waals surface area (Å²) in [6.07, 6.45) is 1.38. The highest BCUT2D eigenvalue weighted by molar-refractivity contribution is 5.92. The molecule has 7 heteroatoms. The Morgan fingerprint density at radius 2 is 1.81 bits per heavy atom. The number of nitrogens with zero attached hydrogens (tertiary/aromatic N) is 3. The summed E-state index contributed by atoms with van der Waals surface area (Å²) in [7, 11) is 0. The standard InChI is InChI=1S/C20H24N4O3/c1-14-5-3-4-6-16(14)22-19-21-15(2)13-17(23-19)18(25)24-9-7-20(8-10-24)26-11-12-27-20/h3-6,13H,7-12H2,1-2H3,(H,21,22,23). The molecule has 4 rings (SSSR count). The van der Waals surface area contributed by atoms with Gasteiger partial charge in [0.2, 0.25) is 5.95 Å². The summed E-state index contributed by atoms with van der Waals surface area (Å²) in [5, 5.41) is 3.22. The zero-order valence-electron chi connectivity index (χ0n) is 15.7. The van der Waals surface area contributed by atoms with Gasteiger partial charge in [-0.05, 0) is 31.5 Å². The van der Waals surface area contributed by atoms with Gasteiger partial charge in [-0.25, -0.2) is 9.97 Å². The van der Waals surface area contributed by atoms with E-state index in [4.69, 9.17) is 9.47 Å². The summed E-state index contributed by atoms with van der Waals surface area (Å²) in [6, 6.07) is 9.65.